The molecule has 0 spiro atoms. The Bertz CT molecular complexity index is 251. The Balaban J connectivity index is 2.47. The van der Waals surface area contributed by atoms with Crippen molar-refractivity contribution in [1.29, 1.82) is 0 Å². The van der Waals surface area contributed by atoms with Crippen LogP contribution in [0.5, 0.6) is 0 Å². The summed E-state index contributed by atoms with van der Waals surface area (Å²) in [5, 5.41) is 3.70. The number of nitrogens with zero attached hydrogens (tertiary/aromatic N) is 1. The van der Waals surface area contributed by atoms with Crippen LogP contribution in [0.25, 0.3) is 0 Å². The van der Waals surface area contributed by atoms with E-state index in [-0.39, 0.29) is 5.54 Å². The summed E-state index contributed by atoms with van der Waals surface area (Å²) >= 11 is 0. The first-order valence-electron chi connectivity index (χ1n) is 7.91. The summed E-state index contributed by atoms with van der Waals surface area (Å²) in [7, 11) is 1.79. The number of methoxy groups -OCH3 is 1. The molecule has 0 bridgehead atoms. The molecule has 0 radical (unpaired) electrons. The van der Waals surface area contributed by atoms with Crippen molar-refractivity contribution in [2.75, 3.05) is 26.8 Å². The van der Waals surface area contributed by atoms with Crippen LogP contribution in [-0.4, -0.2) is 49.3 Å². The molecule has 0 amide bonds. The summed E-state index contributed by atoms with van der Waals surface area (Å²) in [6, 6.07) is 1.26. The van der Waals surface area contributed by atoms with Crippen LogP contribution < -0.4 is 5.32 Å². The van der Waals surface area contributed by atoms with Gasteiger partial charge in [0.1, 0.15) is 0 Å². The van der Waals surface area contributed by atoms with Crippen LogP contribution in [0.2, 0.25) is 0 Å². The van der Waals surface area contributed by atoms with Crippen molar-refractivity contribution in [1.82, 2.24) is 10.2 Å². The zero-order valence-electron chi connectivity index (χ0n) is 13.8. The van der Waals surface area contributed by atoms with Crippen molar-refractivity contribution in [2.45, 2.75) is 71.5 Å². The van der Waals surface area contributed by atoms with E-state index in [9.17, 15) is 0 Å². The van der Waals surface area contributed by atoms with Gasteiger partial charge < -0.3 is 10.1 Å². The maximum absolute atomic E-state index is 5.28. The van der Waals surface area contributed by atoms with E-state index in [2.05, 4.69) is 44.8 Å². The highest BCUT2D eigenvalue weighted by Crippen LogP contribution is 2.35. The lowest BCUT2D eigenvalue weighted by Gasteiger charge is -2.37. The van der Waals surface area contributed by atoms with Gasteiger partial charge in [0.25, 0.3) is 0 Å². The number of rotatable bonds is 10. The molecule has 0 aromatic carbocycles. The molecule has 1 fully saturated rings. The minimum atomic E-state index is 0.240. The van der Waals surface area contributed by atoms with E-state index in [1.807, 2.05) is 0 Å². The van der Waals surface area contributed by atoms with Crippen molar-refractivity contribution in [3.63, 3.8) is 0 Å². The highest BCUT2D eigenvalue weighted by atomic mass is 16.5. The normalized spacial score (nSPS) is 19.7. The molecule has 0 aliphatic heterocycles. The smallest absolute Gasteiger partial charge is 0.0589 e. The molecule has 2 atom stereocenters. The number of hydrogen-bond donors (Lipinski definition) is 1. The molecule has 0 aromatic heterocycles. The summed E-state index contributed by atoms with van der Waals surface area (Å²) in [4.78, 5) is 2.62. The molecule has 0 heterocycles. The molecule has 3 nitrogen and oxygen atoms in total. The topological polar surface area (TPSA) is 24.5 Å². The summed E-state index contributed by atoms with van der Waals surface area (Å²) in [6.45, 7) is 14.5. The minimum Gasteiger partial charge on any atom is -0.383 e. The van der Waals surface area contributed by atoms with Crippen molar-refractivity contribution in [2.24, 2.45) is 5.92 Å². The first kappa shape index (κ1) is 16.9. The molecule has 0 saturated heterocycles. The third kappa shape index (κ3) is 5.80. The first-order valence-corrected chi connectivity index (χ1v) is 7.91. The lowest BCUT2D eigenvalue weighted by atomic mass is 10.0. The van der Waals surface area contributed by atoms with Crippen LogP contribution in [-0.2, 0) is 4.74 Å². The van der Waals surface area contributed by atoms with Gasteiger partial charge in [0, 0.05) is 37.8 Å². The second kappa shape index (κ2) is 7.61. The Kier molecular flexibility index (Phi) is 6.78. The van der Waals surface area contributed by atoms with Crippen molar-refractivity contribution >= 4 is 0 Å². The fourth-order valence-corrected chi connectivity index (χ4v) is 2.54. The van der Waals surface area contributed by atoms with Crippen LogP contribution >= 0.6 is 0 Å². The van der Waals surface area contributed by atoms with Crippen LogP contribution in [0.15, 0.2) is 0 Å². The Morgan fingerprint density at radius 1 is 1.32 bits per heavy atom. The molecule has 114 valence electrons. The first-order chi connectivity index (χ1) is 8.91. The fourth-order valence-electron chi connectivity index (χ4n) is 2.54. The average Bonchev–Trinajstić information content (AvgIpc) is 3.21. The molecule has 1 aliphatic rings. The van der Waals surface area contributed by atoms with Gasteiger partial charge in [-0.05, 0) is 52.9 Å². The minimum absolute atomic E-state index is 0.240. The van der Waals surface area contributed by atoms with Gasteiger partial charge in [0.2, 0.25) is 0 Å². The summed E-state index contributed by atoms with van der Waals surface area (Å²) < 4.78 is 5.28. The van der Waals surface area contributed by atoms with Gasteiger partial charge in [-0.2, -0.15) is 0 Å². The Morgan fingerprint density at radius 2 is 1.95 bits per heavy atom. The Labute approximate surface area is 120 Å². The molecule has 1 rings (SSSR count). The van der Waals surface area contributed by atoms with E-state index >= 15 is 0 Å². The molecular weight excluding hydrogens is 236 g/mol. The summed E-state index contributed by atoms with van der Waals surface area (Å²) in [5.41, 5.74) is 0.240. The van der Waals surface area contributed by atoms with E-state index in [4.69, 9.17) is 4.74 Å². The second-order valence-corrected chi connectivity index (χ2v) is 6.78. The van der Waals surface area contributed by atoms with Gasteiger partial charge in [-0.15, -0.1) is 0 Å². The highest BCUT2D eigenvalue weighted by molar-refractivity contribution is 4.88. The third-order valence-electron chi connectivity index (χ3n) is 4.71. The van der Waals surface area contributed by atoms with E-state index < -0.39 is 0 Å². The third-order valence-corrected chi connectivity index (χ3v) is 4.71. The predicted molar refractivity (Wildman–Crippen MR) is 82.6 cm³/mol. The monoisotopic (exact) mass is 270 g/mol. The van der Waals surface area contributed by atoms with E-state index in [0.29, 0.717) is 12.1 Å². The van der Waals surface area contributed by atoms with E-state index in [0.717, 1.165) is 32.0 Å². The van der Waals surface area contributed by atoms with Gasteiger partial charge in [0.15, 0.2) is 0 Å². The van der Waals surface area contributed by atoms with Gasteiger partial charge in [-0.1, -0.05) is 6.92 Å². The molecule has 19 heavy (non-hydrogen) atoms. The molecule has 1 aliphatic carbocycles. The lowest BCUT2D eigenvalue weighted by Crippen LogP contribution is -2.51. The van der Waals surface area contributed by atoms with Crippen LogP contribution in [0.3, 0.4) is 0 Å². The maximum atomic E-state index is 5.28. The molecule has 3 heteroatoms. The van der Waals surface area contributed by atoms with Gasteiger partial charge in [0.05, 0.1) is 6.61 Å². The van der Waals surface area contributed by atoms with Crippen molar-refractivity contribution in [3.05, 3.63) is 0 Å². The zero-order valence-corrected chi connectivity index (χ0v) is 13.8. The Hall–Kier alpha value is -0.120. The Morgan fingerprint density at radius 3 is 2.42 bits per heavy atom. The van der Waals surface area contributed by atoms with Gasteiger partial charge in [-0.3, -0.25) is 4.90 Å². The van der Waals surface area contributed by atoms with Gasteiger partial charge in [-0.25, -0.2) is 0 Å². The molecular formula is C16H34N2O. The maximum Gasteiger partial charge on any atom is 0.0589 e. The lowest BCUT2D eigenvalue weighted by molar-refractivity contribution is 0.0837. The summed E-state index contributed by atoms with van der Waals surface area (Å²) in [6.07, 6.45) is 3.98. The van der Waals surface area contributed by atoms with Crippen molar-refractivity contribution < 1.29 is 4.74 Å². The van der Waals surface area contributed by atoms with Crippen LogP contribution in [0.4, 0.5) is 0 Å². The number of hydrogen-bond acceptors (Lipinski definition) is 3. The van der Waals surface area contributed by atoms with Crippen LogP contribution in [0.1, 0.15) is 53.9 Å². The summed E-state index contributed by atoms with van der Waals surface area (Å²) in [5.74, 6) is 0.915. The van der Waals surface area contributed by atoms with Gasteiger partial charge >= 0.3 is 0 Å². The zero-order chi connectivity index (χ0) is 14.5. The van der Waals surface area contributed by atoms with Crippen LogP contribution in [0, 0.1) is 5.92 Å². The predicted octanol–water partition coefficient (Wildman–Crippen LogP) is 2.90. The number of nitrogens with one attached hydrogen (secondary N) is 1. The molecule has 0 aromatic rings. The highest BCUT2D eigenvalue weighted by Gasteiger charge is 2.33. The standard InChI is InChI=1S/C16H34N2O/c1-7-16(4,5)17-12-13(2)18(10-11-19-6)14(3)15-8-9-15/h13-15,17H,7-12H2,1-6H3. The SMILES string of the molecule is CCC(C)(C)NCC(C)N(CCOC)C(C)C1CC1. The fraction of sp³-hybridized carbons (Fsp3) is 1.00. The average molecular weight is 270 g/mol. The number of ether oxygens (including phenoxy) is 1. The van der Waals surface area contributed by atoms with E-state index in [1.54, 1.807) is 7.11 Å². The quantitative estimate of drug-likeness (QED) is 0.660. The molecule has 1 saturated carbocycles. The molecule has 2 unspecified atom stereocenters. The second-order valence-electron chi connectivity index (χ2n) is 6.78. The molecule has 1 N–H and O–H groups in total. The van der Waals surface area contributed by atoms with Crippen molar-refractivity contribution in [3.8, 4) is 0 Å². The largest absolute Gasteiger partial charge is 0.383 e. The van der Waals surface area contributed by atoms with E-state index in [1.165, 1.54) is 12.8 Å².